The molecule has 0 aliphatic rings. The van der Waals surface area contributed by atoms with Crippen molar-refractivity contribution < 1.29 is 9.53 Å². The fourth-order valence-electron chi connectivity index (χ4n) is 1.53. The fraction of sp³-hybridized carbons (Fsp3) is 0.636. The van der Waals surface area contributed by atoms with Crippen LogP contribution in [0.2, 0.25) is 0 Å². The minimum Gasteiger partial charge on any atom is -0.465 e. The molecule has 0 saturated heterocycles. The van der Waals surface area contributed by atoms with Crippen LogP contribution in [0.1, 0.15) is 19.2 Å². The Morgan fingerprint density at radius 2 is 2.44 bits per heavy atom. The maximum absolute atomic E-state index is 11.5. The van der Waals surface area contributed by atoms with E-state index in [2.05, 4.69) is 10.3 Å². The molecule has 0 aromatic carbocycles. The molecule has 1 aromatic rings. The summed E-state index contributed by atoms with van der Waals surface area (Å²) in [7, 11) is 1.77. The summed E-state index contributed by atoms with van der Waals surface area (Å²) in [6.45, 7) is 4.93. The van der Waals surface area contributed by atoms with E-state index in [9.17, 15) is 4.79 Å². The SMILES string of the molecule is CCOC(=O)C(CCn1ccnc1C)NC. The molecule has 0 aliphatic heterocycles. The van der Waals surface area contributed by atoms with Gasteiger partial charge in [0, 0.05) is 18.9 Å². The van der Waals surface area contributed by atoms with E-state index in [1.807, 2.05) is 24.6 Å². The lowest BCUT2D eigenvalue weighted by molar-refractivity contribution is -0.145. The van der Waals surface area contributed by atoms with E-state index in [0.717, 1.165) is 12.4 Å². The number of likely N-dealkylation sites (N-methyl/N-ethyl adjacent to an activating group) is 1. The van der Waals surface area contributed by atoms with Gasteiger partial charge in [-0.25, -0.2) is 4.98 Å². The minimum atomic E-state index is -0.248. The Kier molecular flexibility index (Phi) is 4.98. The van der Waals surface area contributed by atoms with Gasteiger partial charge in [0.15, 0.2) is 0 Å². The molecule has 1 unspecified atom stereocenters. The molecule has 0 radical (unpaired) electrons. The molecule has 1 atom stereocenters. The van der Waals surface area contributed by atoms with Gasteiger partial charge in [0.1, 0.15) is 11.9 Å². The number of hydrogen-bond acceptors (Lipinski definition) is 4. The van der Waals surface area contributed by atoms with Gasteiger partial charge in [-0.15, -0.1) is 0 Å². The van der Waals surface area contributed by atoms with Gasteiger partial charge < -0.3 is 14.6 Å². The number of aromatic nitrogens is 2. The van der Waals surface area contributed by atoms with Crippen LogP contribution in [0.25, 0.3) is 0 Å². The summed E-state index contributed by atoms with van der Waals surface area (Å²) in [5.41, 5.74) is 0. The molecule has 90 valence electrons. The van der Waals surface area contributed by atoms with Crippen molar-refractivity contribution in [2.45, 2.75) is 32.9 Å². The molecule has 5 nitrogen and oxygen atoms in total. The van der Waals surface area contributed by atoms with Crippen molar-refractivity contribution in [1.29, 1.82) is 0 Å². The number of imidazole rings is 1. The number of carbonyl (C=O) groups excluding carboxylic acids is 1. The number of aryl methyl sites for hydroxylation is 2. The molecule has 1 aromatic heterocycles. The normalized spacial score (nSPS) is 12.4. The highest BCUT2D eigenvalue weighted by Gasteiger charge is 2.17. The lowest BCUT2D eigenvalue weighted by Gasteiger charge is -2.15. The van der Waals surface area contributed by atoms with Crippen LogP contribution in [0.5, 0.6) is 0 Å². The van der Waals surface area contributed by atoms with Gasteiger partial charge in [-0.3, -0.25) is 4.79 Å². The second-order valence-electron chi connectivity index (χ2n) is 3.55. The molecule has 0 fully saturated rings. The molecular weight excluding hydrogens is 206 g/mol. The molecule has 5 heteroatoms. The van der Waals surface area contributed by atoms with Crippen LogP contribution in [-0.4, -0.2) is 35.2 Å². The Labute approximate surface area is 95.8 Å². The van der Waals surface area contributed by atoms with Gasteiger partial charge in [0.25, 0.3) is 0 Å². The van der Waals surface area contributed by atoms with E-state index in [1.54, 1.807) is 13.2 Å². The topological polar surface area (TPSA) is 56.2 Å². The van der Waals surface area contributed by atoms with Crippen LogP contribution in [0, 0.1) is 6.92 Å². The van der Waals surface area contributed by atoms with Crippen molar-refractivity contribution in [3.05, 3.63) is 18.2 Å². The van der Waals surface area contributed by atoms with Crippen molar-refractivity contribution in [2.75, 3.05) is 13.7 Å². The second-order valence-corrected chi connectivity index (χ2v) is 3.55. The Bertz CT molecular complexity index is 336. The number of esters is 1. The monoisotopic (exact) mass is 225 g/mol. The highest BCUT2D eigenvalue weighted by molar-refractivity contribution is 5.75. The summed E-state index contributed by atoms with van der Waals surface area (Å²) in [6, 6.07) is -0.248. The highest BCUT2D eigenvalue weighted by atomic mass is 16.5. The summed E-state index contributed by atoms with van der Waals surface area (Å²) >= 11 is 0. The van der Waals surface area contributed by atoms with Gasteiger partial charge in [0.05, 0.1) is 6.61 Å². The number of nitrogens with zero attached hydrogens (tertiary/aromatic N) is 2. The smallest absolute Gasteiger partial charge is 0.323 e. The van der Waals surface area contributed by atoms with Crippen LogP contribution in [0.3, 0.4) is 0 Å². The largest absolute Gasteiger partial charge is 0.465 e. The average molecular weight is 225 g/mol. The standard InChI is InChI=1S/C11H19N3O2/c1-4-16-11(15)10(12-3)5-7-14-8-6-13-9(14)2/h6,8,10,12H,4-5,7H2,1-3H3. The van der Waals surface area contributed by atoms with Crippen LogP contribution >= 0.6 is 0 Å². The van der Waals surface area contributed by atoms with Crippen molar-refractivity contribution in [3.63, 3.8) is 0 Å². The first kappa shape index (κ1) is 12.7. The van der Waals surface area contributed by atoms with Crippen LogP contribution in [0.15, 0.2) is 12.4 Å². The molecule has 16 heavy (non-hydrogen) atoms. The molecule has 0 spiro atoms. The number of rotatable bonds is 6. The van der Waals surface area contributed by atoms with Crippen molar-refractivity contribution in [2.24, 2.45) is 0 Å². The van der Waals surface area contributed by atoms with E-state index < -0.39 is 0 Å². The molecule has 1 heterocycles. The third-order valence-electron chi connectivity index (χ3n) is 2.50. The molecular formula is C11H19N3O2. The van der Waals surface area contributed by atoms with Crippen LogP contribution in [-0.2, 0) is 16.1 Å². The third-order valence-corrected chi connectivity index (χ3v) is 2.50. The minimum absolute atomic E-state index is 0.192. The maximum Gasteiger partial charge on any atom is 0.323 e. The summed E-state index contributed by atoms with van der Waals surface area (Å²) in [4.78, 5) is 15.6. The molecule has 1 rings (SSSR count). The Morgan fingerprint density at radius 1 is 1.69 bits per heavy atom. The average Bonchev–Trinajstić information content (AvgIpc) is 2.66. The number of nitrogens with one attached hydrogen (secondary N) is 1. The predicted octanol–water partition coefficient (Wildman–Crippen LogP) is 0.733. The molecule has 0 amide bonds. The van der Waals surface area contributed by atoms with E-state index in [0.29, 0.717) is 13.0 Å². The first-order chi connectivity index (χ1) is 7.69. The van der Waals surface area contributed by atoms with Gasteiger partial charge in [-0.2, -0.15) is 0 Å². The van der Waals surface area contributed by atoms with E-state index >= 15 is 0 Å². The fourth-order valence-corrected chi connectivity index (χ4v) is 1.53. The zero-order valence-electron chi connectivity index (χ0n) is 10.1. The zero-order chi connectivity index (χ0) is 12.0. The van der Waals surface area contributed by atoms with Gasteiger partial charge in [-0.05, 0) is 27.3 Å². The zero-order valence-corrected chi connectivity index (χ0v) is 10.1. The Morgan fingerprint density at radius 3 is 2.94 bits per heavy atom. The summed E-state index contributed by atoms with van der Waals surface area (Å²) in [5.74, 6) is 0.765. The van der Waals surface area contributed by atoms with E-state index in [1.165, 1.54) is 0 Å². The third kappa shape index (κ3) is 3.34. The maximum atomic E-state index is 11.5. The summed E-state index contributed by atoms with van der Waals surface area (Å²) < 4.78 is 6.99. The van der Waals surface area contributed by atoms with Gasteiger partial charge in [-0.1, -0.05) is 0 Å². The lowest BCUT2D eigenvalue weighted by atomic mass is 10.2. The first-order valence-corrected chi connectivity index (χ1v) is 5.50. The second kappa shape index (κ2) is 6.27. The van der Waals surface area contributed by atoms with Gasteiger partial charge >= 0.3 is 5.97 Å². The quantitative estimate of drug-likeness (QED) is 0.725. The molecule has 1 N–H and O–H groups in total. The molecule has 0 aliphatic carbocycles. The Balaban J connectivity index is 2.46. The van der Waals surface area contributed by atoms with Crippen LogP contribution in [0.4, 0.5) is 0 Å². The van der Waals surface area contributed by atoms with Crippen molar-refractivity contribution >= 4 is 5.97 Å². The number of hydrogen-bond donors (Lipinski definition) is 1. The highest BCUT2D eigenvalue weighted by Crippen LogP contribution is 2.02. The van der Waals surface area contributed by atoms with Gasteiger partial charge in [0.2, 0.25) is 0 Å². The van der Waals surface area contributed by atoms with E-state index in [-0.39, 0.29) is 12.0 Å². The van der Waals surface area contributed by atoms with Crippen LogP contribution < -0.4 is 5.32 Å². The molecule has 0 saturated carbocycles. The number of carbonyl (C=O) groups is 1. The van der Waals surface area contributed by atoms with E-state index in [4.69, 9.17) is 4.74 Å². The number of ether oxygens (including phenoxy) is 1. The van der Waals surface area contributed by atoms with Crippen molar-refractivity contribution in [3.8, 4) is 0 Å². The molecule has 0 bridgehead atoms. The first-order valence-electron chi connectivity index (χ1n) is 5.50. The van der Waals surface area contributed by atoms with Crippen molar-refractivity contribution in [1.82, 2.24) is 14.9 Å². The predicted molar refractivity (Wildman–Crippen MR) is 61.1 cm³/mol. The summed E-state index contributed by atoms with van der Waals surface area (Å²) in [6.07, 6.45) is 4.37. The summed E-state index contributed by atoms with van der Waals surface area (Å²) in [5, 5.41) is 2.96. The Hall–Kier alpha value is -1.36. The lowest BCUT2D eigenvalue weighted by Crippen LogP contribution is -2.36.